The van der Waals surface area contributed by atoms with Gasteiger partial charge in [-0.3, -0.25) is 0 Å². The first-order valence-electron chi connectivity index (χ1n) is 7.39. The number of benzene rings is 2. The highest BCUT2D eigenvalue weighted by Gasteiger charge is 2.32. The van der Waals surface area contributed by atoms with E-state index in [4.69, 9.17) is 0 Å². The van der Waals surface area contributed by atoms with Crippen LogP contribution in [0.4, 0.5) is 11.4 Å². The summed E-state index contributed by atoms with van der Waals surface area (Å²) in [6.45, 7) is 6.50. The van der Waals surface area contributed by atoms with E-state index in [1.165, 1.54) is 0 Å². The molecule has 0 fully saturated rings. The van der Waals surface area contributed by atoms with Crippen molar-refractivity contribution in [1.82, 2.24) is 0 Å². The van der Waals surface area contributed by atoms with Crippen LogP contribution in [0.5, 0.6) is 0 Å². The summed E-state index contributed by atoms with van der Waals surface area (Å²) in [5.41, 5.74) is 3.22. The van der Waals surface area contributed by atoms with Crippen LogP contribution in [0, 0.1) is 5.92 Å². The van der Waals surface area contributed by atoms with Gasteiger partial charge in [-0.05, 0) is 41.3 Å². The highest BCUT2D eigenvalue weighted by molar-refractivity contribution is 5.53. The third kappa shape index (κ3) is 3.35. The van der Waals surface area contributed by atoms with E-state index in [9.17, 15) is 9.59 Å². The minimum atomic E-state index is -0.215. The molecule has 0 aromatic heterocycles. The predicted molar refractivity (Wildman–Crippen MR) is 89.7 cm³/mol. The third-order valence-corrected chi connectivity index (χ3v) is 4.44. The fraction of sp³-hybridized carbons (Fsp3) is 0.263. The molecule has 0 radical (unpaired) electrons. The number of isocyanates is 2. The normalized spacial score (nSPS) is 12.9. The van der Waals surface area contributed by atoms with Gasteiger partial charge in [-0.1, -0.05) is 45.0 Å². The van der Waals surface area contributed by atoms with Crippen molar-refractivity contribution >= 4 is 23.5 Å². The maximum Gasteiger partial charge on any atom is 0.240 e. The zero-order chi connectivity index (χ0) is 16.9. The molecule has 2 aromatic rings. The molecule has 0 heterocycles. The smallest absolute Gasteiger partial charge is 0.211 e. The van der Waals surface area contributed by atoms with E-state index < -0.39 is 0 Å². The largest absolute Gasteiger partial charge is 0.240 e. The van der Waals surface area contributed by atoms with Crippen LogP contribution >= 0.6 is 0 Å². The lowest BCUT2D eigenvalue weighted by Crippen LogP contribution is -2.29. The van der Waals surface area contributed by atoms with Gasteiger partial charge in [0, 0.05) is 5.41 Å². The van der Waals surface area contributed by atoms with Crippen LogP contribution in [0.15, 0.2) is 58.5 Å². The number of aliphatic imine (C=N–C) groups is 2. The Labute approximate surface area is 135 Å². The van der Waals surface area contributed by atoms with Crippen LogP contribution in [0.25, 0.3) is 0 Å². The van der Waals surface area contributed by atoms with Crippen LogP contribution in [-0.4, -0.2) is 12.2 Å². The molecule has 0 unspecified atom stereocenters. The zero-order valence-electron chi connectivity index (χ0n) is 13.4. The third-order valence-electron chi connectivity index (χ3n) is 4.44. The standard InChI is InChI=1S/C19H18N2O2/c1-14(2)19(3,15-4-8-17(9-5-15)20-12-22)16-6-10-18(11-7-16)21-13-23/h4-11,14H,1-3H3. The van der Waals surface area contributed by atoms with E-state index in [1.807, 2.05) is 48.5 Å². The first-order chi connectivity index (χ1) is 11.0. The molecule has 116 valence electrons. The van der Waals surface area contributed by atoms with Crippen LogP contribution in [0.2, 0.25) is 0 Å². The molecule has 0 amide bonds. The second kappa shape index (κ2) is 6.97. The van der Waals surface area contributed by atoms with Crippen molar-refractivity contribution in [2.24, 2.45) is 15.9 Å². The van der Waals surface area contributed by atoms with E-state index in [2.05, 4.69) is 30.8 Å². The van der Waals surface area contributed by atoms with Crippen LogP contribution in [-0.2, 0) is 15.0 Å². The molecule has 0 bridgehead atoms. The Bertz CT molecular complexity index is 703. The molecule has 0 spiro atoms. The van der Waals surface area contributed by atoms with Crippen molar-refractivity contribution in [2.75, 3.05) is 0 Å². The highest BCUT2D eigenvalue weighted by atomic mass is 16.1. The van der Waals surface area contributed by atoms with Crippen LogP contribution in [0.1, 0.15) is 31.9 Å². The number of rotatable bonds is 5. The molecule has 0 N–H and O–H groups in total. The van der Waals surface area contributed by atoms with Gasteiger partial charge in [-0.25, -0.2) is 9.59 Å². The van der Waals surface area contributed by atoms with E-state index in [0.717, 1.165) is 11.1 Å². The van der Waals surface area contributed by atoms with Gasteiger partial charge < -0.3 is 0 Å². The Morgan fingerprint density at radius 1 is 0.783 bits per heavy atom. The Balaban J connectivity index is 2.49. The Morgan fingerprint density at radius 3 is 1.39 bits per heavy atom. The minimum Gasteiger partial charge on any atom is -0.211 e. The monoisotopic (exact) mass is 306 g/mol. The van der Waals surface area contributed by atoms with Gasteiger partial charge >= 0.3 is 0 Å². The van der Waals surface area contributed by atoms with Crippen molar-refractivity contribution in [3.05, 3.63) is 59.7 Å². The maximum atomic E-state index is 10.3. The molecular weight excluding hydrogens is 288 g/mol. The van der Waals surface area contributed by atoms with Gasteiger partial charge in [-0.15, -0.1) is 0 Å². The average Bonchev–Trinajstić information content (AvgIpc) is 2.56. The van der Waals surface area contributed by atoms with E-state index in [-0.39, 0.29) is 5.41 Å². The summed E-state index contributed by atoms with van der Waals surface area (Å²) in [4.78, 5) is 27.9. The number of carbonyl (C=O) groups excluding carboxylic acids is 2. The molecule has 4 nitrogen and oxygen atoms in total. The van der Waals surface area contributed by atoms with Crippen molar-refractivity contribution in [3.63, 3.8) is 0 Å². The lowest BCUT2D eigenvalue weighted by atomic mass is 9.68. The summed E-state index contributed by atoms with van der Waals surface area (Å²) in [6, 6.07) is 15.2. The molecule has 0 aliphatic carbocycles. The summed E-state index contributed by atoms with van der Waals surface area (Å²) in [6.07, 6.45) is 3.10. The maximum absolute atomic E-state index is 10.3. The highest BCUT2D eigenvalue weighted by Crippen LogP contribution is 2.39. The molecule has 2 aromatic carbocycles. The van der Waals surface area contributed by atoms with E-state index in [1.54, 1.807) is 12.2 Å². The summed E-state index contributed by atoms with van der Waals surface area (Å²) in [7, 11) is 0. The van der Waals surface area contributed by atoms with Crippen molar-refractivity contribution in [3.8, 4) is 0 Å². The van der Waals surface area contributed by atoms with Crippen molar-refractivity contribution < 1.29 is 9.59 Å². The Morgan fingerprint density at radius 2 is 1.13 bits per heavy atom. The molecule has 0 atom stereocenters. The first-order valence-corrected chi connectivity index (χ1v) is 7.39. The lowest BCUT2D eigenvalue weighted by Gasteiger charge is -2.35. The number of hydrogen-bond donors (Lipinski definition) is 0. The van der Waals surface area contributed by atoms with Crippen molar-refractivity contribution in [2.45, 2.75) is 26.2 Å². The zero-order valence-corrected chi connectivity index (χ0v) is 13.4. The van der Waals surface area contributed by atoms with Crippen LogP contribution < -0.4 is 0 Å². The quantitative estimate of drug-likeness (QED) is 0.599. The van der Waals surface area contributed by atoms with Crippen molar-refractivity contribution in [1.29, 1.82) is 0 Å². The Hall–Kier alpha value is -2.80. The first kappa shape index (κ1) is 16.6. The summed E-state index contributed by atoms with van der Waals surface area (Å²) in [5.74, 6) is 0.336. The summed E-state index contributed by atoms with van der Waals surface area (Å²) < 4.78 is 0. The molecular formula is C19H18N2O2. The number of hydrogen-bond acceptors (Lipinski definition) is 4. The SMILES string of the molecule is CC(C)C(C)(c1ccc(N=C=O)cc1)c1ccc(N=C=O)cc1. The molecule has 0 aliphatic heterocycles. The number of nitrogens with zero attached hydrogens (tertiary/aromatic N) is 2. The van der Waals surface area contributed by atoms with E-state index >= 15 is 0 Å². The van der Waals surface area contributed by atoms with Gasteiger partial charge in [-0.2, -0.15) is 9.98 Å². The second-order valence-electron chi connectivity index (χ2n) is 5.86. The molecule has 0 saturated heterocycles. The summed E-state index contributed by atoms with van der Waals surface area (Å²) >= 11 is 0. The molecule has 2 rings (SSSR count). The fourth-order valence-corrected chi connectivity index (χ4v) is 2.70. The minimum absolute atomic E-state index is 0.215. The average molecular weight is 306 g/mol. The van der Waals surface area contributed by atoms with Gasteiger partial charge in [0.1, 0.15) is 0 Å². The molecule has 0 saturated carbocycles. The van der Waals surface area contributed by atoms with Gasteiger partial charge in [0.05, 0.1) is 11.4 Å². The molecule has 0 aliphatic rings. The van der Waals surface area contributed by atoms with E-state index in [0.29, 0.717) is 17.3 Å². The van der Waals surface area contributed by atoms with Gasteiger partial charge in [0.2, 0.25) is 12.2 Å². The van der Waals surface area contributed by atoms with Gasteiger partial charge in [0.25, 0.3) is 0 Å². The predicted octanol–water partition coefficient (Wildman–Crippen LogP) is 4.58. The van der Waals surface area contributed by atoms with Gasteiger partial charge in [0.15, 0.2) is 0 Å². The second-order valence-corrected chi connectivity index (χ2v) is 5.86. The molecule has 4 heteroatoms. The summed E-state index contributed by atoms with van der Waals surface area (Å²) in [5, 5.41) is 0. The topological polar surface area (TPSA) is 58.9 Å². The molecule has 23 heavy (non-hydrogen) atoms. The fourth-order valence-electron chi connectivity index (χ4n) is 2.70. The Kier molecular flexibility index (Phi) is 5.02. The lowest BCUT2D eigenvalue weighted by molar-refractivity contribution is 0.405. The van der Waals surface area contributed by atoms with Crippen LogP contribution in [0.3, 0.4) is 0 Å².